The topological polar surface area (TPSA) is 59.6 Å². The van der Waals surface area contributed by atoms with Crippen molar-refractivity contribution in [2.45, 2.75) is 82.6 Å². The molecule has 0 spiro atoms. The Morgan fingerprint density at radius 2 is 1.90 bits per heavy atom. The summed E-state index contributed by atoms with van der Waals surface area (Å²) in [6.45, 7) is 4.76. The molecule has 2 amide bonds. The fraction of sp³-hybridized carbons (Fsp3) is 0.938. The van der Waals surface area contributed by atoms with Crippen molar-refractivity contribution in [1.29, 1.82) is 0 Å². The van der Waals surface area contributed by atoms with Crippen molar-refractivity contribution < 1.29 is 14.3 Å². The number of carbonyl (C=O) groups is 1. The van der Waals surface area contributed by atoms with Gasteiger partial charge >= 0.3 is 6.03 Å². The number of ether oxygens (including phenoxy) is 2. The van der Waals surface area contributed by atoms with Crippen LogP contribution >= 0.6 is 0 Å². The van der Waals surface area contributed by atoms with E-state index in [0.29, 0.717) is 12.6 Å². The molecule has 0 aliphatic heterocycles. The number of hydrogen-bond donors (Lipinski definition) is 2. The molecule has 0 aromatic rings. The molecule has 0 atom stereocenters. The minimum absolute atomic E-state index is 0.0634. The Kier molecular flexibility index (Phi) is 5.88. The second-order valence-electron chi connectivity index (χ2n) is 6.73. The van der Waals surface area contributed by atoms with Gasteiger partial charge in [-0.3, -0.25) is 0 Å². The molecule has 0 radical (unpaired) electrons. The first kappa shape index (κ1) is 16.6. The number of urea groups is 1. The van der Waals surface area contributed by atoms with Crippen molar-refractivity contribution in [3.63, 3.8) is 0 Å². The number of hydrogen-bond acceptors (Lipinski definition) is 3. The van der Waals surface area contributed by atoms with Crippen LogP contribution in [-0.4, -0.2) is 43.5 Å². The SMILES string of the molecule is COC1(CNC(=O)NC2CCC(OC(C)C)CC2)CCC1. The number of nitrogens with one attached hydrogen (secondary N) is 2. The molecule has 122 valence electrons. The van der Waals surface area contributed by atoms with Crippen molar-refractivity contribution in [3.05, 3.63) is 0 Å². The summed E-state index contributed by atoms with van der Waals surface area (Å²) in [5.74, 6) is 0. The van der Waals surface area contributed by atoms with Gasteiger partial charge in [0.1, 0.15) is 0 Å². The summed E-state index contributed by atoms with van der Waals surface area (Å²) in [5.41, 5.74) is -0.111. The Labute approximate surface area is 128 Å². The zero-order chi connectivity index (χ0) is 15.3. The molecule has 2 aliphatic rings. The number of amides is 2. The van der Waals surface area contributed by atoms with Crippen LogP contribution in [0.2, 0.25) is 0 Å². The molecule has 0 heterocycles. The predicted molar refractivity (Wildman–Crippen MR) is 82.4 cm³/mol. The summed E-state index contributed by atoms with van der Waals surface area (Å²) in [4.78, 5) is 12.0. The average molecular weight is 298 g/mol. The molecule has 2 fully saturated rings. The van der Waals surface area contributed by atoms with Crippen LogP contribution in [-0.2, 0) is 9.47 Å². The van der Waals surface area contributed by atoms with Crippen LogP contribution in [0.1, 0.15) is 58.8 Å². The predicted octanol–water partition coefficient (Wildman–Crippen LogP) is 2.59. The van der Waals surface area contributed by atoms with Gasteiger partial charge in [0.15, 0.2) is 0 Å². The highest BCUT2D eigenvalue weighted by atomic mass is 16.5. The Morgan fingerprint density at radius 3 is 2.38 bits per heavy atom. The maximum Gasteiger partial charge on any atom is 0.315 e. The molecule has 0 aromatic heterocycles. The van der Waals surface area contributed by atoms with Crippen LogP contribution in [0.4, 0.5) is 4.79 Å². The highest BCUT2D eigenvalue weighted by molar-refractivity contribution is 5.74. The number of rotatable bonds is 6. The minimum Gasteiger partial charge on any atom is -0.376 e. The van der Waals surface area contributed by atoms with E-state index in [9.17, 15) is 4.79 Å². The van der Waals surface area contributed by atoms with E-state index in [-0.39, 0.29) is 23.8 Å². The largest absolute Gasteiger partial charge is 0.376 e. The third-order valence-corrected chi connectivity index (χ3v) is 4.74. The van der Waals surface area contributed by atoms with E-state index in [4.69, 9.17) is 9.47 Å². The van der Waals surface area contributed by atoms with Crippen LogP contribution in [0.25, 0.3) is 0 Å². The Hall–Kier alpha value is -0.810. The van der Waals surface area contributed by atoms with E-state index in [1.54, 1.807) is 7.11 Å². The first-order valence-electron chi connectivity index (χ1n) is 8.28. The molecule has 2 N–H and O–H groups in total. The van der Waals surface area contributed by atoms with Crippen molar-refractivity contribution in [2.75, 3.05) is 13.7 Å². The molecule has 0 aromatic carbocycles. The quantitative estimate of drug-likeness (QED) is 0.792. The molecule has 0 bridgehead atoms. The van der Waals surface area contributed by atoms with E-state index in [1.807, 2.05) is 0 Å². The third-order valence-electron chi connectivity index (χ3n) is 4.74. The second kappa shape index (κ2) is 7.45. The monoisotopic (exact) mass is 298 g/mol. The van der Waals surface area contributed by atoms with E-state index in [0.717, 1.165) is 38.5 Å². The highest BCUT2D eigenvalue weighted by Gasteiger charge is 2.37. The van der Waals surface area contributed by atoms with E-state index in [1.165, 1.54) is 6.42 Å². The van der Waals surface area contributed by atoms with Gasteiger partial charge in [-0.1, -0.05) is 0 Å². The summed E-state index contributed by atoms with van der Waals surface area (Å²) in [6, 6.07) is 0.212. The van der Waals surface area contributed by atoms with E-state index in [2.05, 4.69) is 24.5 Å². The fourth-order valence-electron chi connectivity index (χ4n) is 3.23. The van der Waals surface area contributed by atoms with Gasteiger partial charge in [-0.2, -0.15) is 0 Å². The van der Waals surface area contributed by atoms with Gasteiger partial charge in [-0.05, 0) is 58.8 Å². The maximum absolute atomic E-state index is 12.0. The first-order chi connectivity index (χ1) is 10.0. The summed E-state index contributed by atoms with van der Waals surface area (Å²) < 4.78 is 11.3. The lowest BCUT2D eigenvalue weighted by molar-refractivity contribution is -0.0674. The van der Waals surface area contributed by atoms with Gasteiger partial charge in [0.2, 0.25) is 0 Å². The summed E-state index contributed by atoms with van der Waals surface area (Å²) in [5, 5.41) is 6.04. The van der Waals surface area contributed by atoms with Gasteiger partial charge in [-0.25, -0.2) is 4.79 Å². The van der Waals surface area contributed by atoms with Crippen LogP contribution < -0.4 is 10.6 Å². The van der Waals surface area contributed by atoms with Crippen molar-refractivity contribution in [1.82, 2.24) is 10.6 Å². The normalized spacial score (nSPS) is 28.0. The molecule has 2 aliphatic carbocycles. The molecular weight excluding hydrogens is 268 g/mol. The summed E-state index contributed by atoms with van der Waals surface area (Å²) >= 11 is 0. The number of carbonyl (C=O) groups excluding carboxylic acids is 1. The van der Waals surface area contributed by atoms with E-state index < -0.39 is 0 Å². The average Bonchev–Trinajstić information content (AvgIpc) is 2.40. The molecule has 2 saturated carbocycles. The van der Waals surface area contributed by atoms with Crippen LogP contribution in [0.15, 0.2) is 0 Å². The van der Waals surface area contributed by atoms with Gasteiger partial charge in [0.05, 0.1) is 17.8 Å². The van der Waals surface area contributed by atoms with Gasteiger partial charge < -0.3 is 20.1 Å². The molecule has 0 unspecified atom stereocenters. The zero-order valence-electron chi connectivity index (χ0n) is 13.6. The molecule has 2 rings (SSSR count). The van der Waals surface area contributed by atoms with E-state index >= 15 is 0 Å². The maximum atomic E-state index is 12.0. The zero-order valence-corrected chi connectivity index (χ0v) is 13.6. The van der Waals surface area contributed by atoms with Gasteiger partial charge in [0.25, 0.3) is 0 Å². The van der Waals surface area contributed by atoms with Crippen LogP contribution in [0, 0.1) is 0 Å². The molecule has 5 nitrogen and oxygen atoms in total. The van der Waals surface area contributed by atoms with Crippen molar-refractivity contribution >= 4 is 6.03 Å². The highest BCUT2D eigenvalue weighted by Crippen LogP contribution is 2.34. The Balaban J connectivity index is 1.63. The fourth-order valence-corrected chi connectivity index (χ4v) is 3.23. The molecule has 21 heavy (non-hydrogen) atoms. The van der Waals surface area contributed by atoms with Crippen LogP contribution in [0.5, 0.6) is 0 Å². The molecular formula is C16H30N2O3. The molecule has 0 saturated heterocycles. The Morgan fingerprint density at radius 1 is 1.24 bits per heavy atom. The lowest BCUT2D eigenvalue weighted by Gasteiger charge is -2.40. The lowest BCUT2D eigenvalue weighted by Crippen LogP contribution is -2.53. The van der Waals surface area contributed by atoms with Gasteiger partial charge in [-0.15, -0.1) is 0 Å². The van der Waals surface area contributed by atoms with Crippen molar-refractivity contribution in [2.24, 2.45) is 0 Å². The summed E-state index contributed by atoms with van der Waals surface area (Å²) in [7, 11) is 1.73. The molecule has 5 heteroatoms. The standard InChI is InChI=1S/C16H30N2O3/c1-12(2)21-14-7-5-13(6-8-14)18-15(19)17-11-16(20-3)9-4-10-16/h12-14H,4-11H2,1-3H3,(H2,17,18,19). The Bertz CT molecular complexity index is 329. The van der Waals surface area contributed by atoms with Crippen LogP contribution in [0.3, 0.4) is 0 Å². The summed E-state index contributed by atoms with van der Waals surface area (Å²) in [6.07, 6.45) is 7.99. The van der Waals surface area contributed by atoms with Gasteiger partial charge in [0, 0.05) is 19.7 Å². The second-order valence-corrected chi connectivity index (χ2v) is 6.73. The smallest absolute Gasteiger partial charge is 0.315 e. The number of methoxy groups -OCH3 is 1. The lowest BCUT2D eigenvalue weighted by atomic mass is 9.80. The third kappa shape index (κ3) is 4.85. The minimum atomic E-state index is -0.111. The van der Waals surface area contributed by atoms with Crippen molar-refractivity contribution in [3.8, 4) is 0 Å². The first-order valence-corrected chi connectivity index (χ1v) is 8.28.